The van der Waals surface area contributed by atoms with Gasteiger partial charge in [-0.05, 0) is 24.3 Å². The molecule has 1 atom stereocenters. The highest BCUT2D eigenvalue weighted by Crippen LogP contribution is 2.27. The third-order valence-electron chi connectivity index (χ3n) is 5.85. The summed E-state index contributed by atoms with van der Waals surface area (Å²) in [4.78, 5) is 15.4. The number of anilines is 1. The normalized spacial score (nSPS) is 21.4. The van der Waals surface area contributed by atoms with Crippen LogP contribution in [0.25, 0.3) is 11.0 Å². The molecule has 0 radical (unpaired) electrons. The second kappa shape index (κ2) is 8.66. The van der Waals surface area contributed by atoms with E-state index in [-0.39, 0.29) is 0 Å². The zero-order chi connectivity index (χ0) is 21.1. The summed E-state index contributed by atoms with van der Waals surface area (Å²) in [5, 5.41) is 6.95. The first-order chi connectivity index (χ1) is 15.2. The van der Waals surface area contributed by atoms with E-state index in [0.29, 0.717) is 12.8 Å². The number of imidazole rings is 1. The Kier molecular flexibility index (Phi) is 5.59. The number of nitrogens with zero attached hydrogens (tertiary/aromatic N) is 3. The van der Waals surface area contributed by atoms with Crippen molar-refractivity contribution in [2.75, 3.05) is 44.7 Å². The summed E-state index contributed by atoms with van der Waals surface area (Å²) in [5.41, 5.74) is 10.8. The Hall–Kier alpha value is -2.94. The molecule has 2 aliphatic heterocycles. The highest BCUT2D eigenvalue weighted by molar-refractivity contribution is 6.05. The lowest BCUT2D eigenvalue weighted by molar-refractivity contribution is 0.0389. The molecule has 8 nitrogen and oxygen atoms in total. The van der Waals surface area contributed by atoms with E-state index in [1.165, 1.54) is 0 Å². The van der Waals surface area contributed by atoms with Crippen molar-refractivity contribution < 1.29 is 4.74 Å². The van der Waals surface area contributed by atoms with Gasteiger partial charge >= 0.3 is 0 Å². The monoisotopic (exact) mass is 419 g/mol. The van der Waals surface area contributed by atoms with Crippen molar-refractivity contribution >= 4 is 22.6 Å². The number of aliphatic imine (C=N–C) groups is 1. The van der Waals surface area contributed by atoms with E-state index < -0.39 is 5.79 Å². The van der Waals surface area contributed by atoms with Gasteiger partial charge in [0, 0.05) is 50.3 Å². The predicted octanol–water partition coefficient (Wildman–Crippen LogP) is 1.90. The topological polar surface area (TPSA) is 104 Å². The minimum atomic E-state index is -0.894. The van der Waals surface area contributed by atoms with Gasteiger partial charge in [-0.1, -0.05) is 24.3 Å². The first kappa shape index (κ1) is 20.0. The summed E-state index contributed by atoms with van der Waals surface area (Å²) in [7, 11) is 0. The minimum absolute atomic E-state index is 0.621. The fourth-order valence-corrected chi connectivity index (χ4v) is 4.16. The van der Waals surface area contributed by atoms with Gasteiger partial charge in [-0.2, -0.15) is 0 Å². The quantitative estimate of drug-likeness (QED) is 0.487. The summed E-state index contributed by atoms with van der Waals surface area (Å²) in [6, 6.07) is 16.2. The number of aromatic nitrogens is 2. The molecule has 162 valence electrons. The number of para-hydroxylation sites is 3. The number of nitrogens with two attached hydrogens (primary N) is 1. The van der Waals surface area contributed by atoms with Gasteiger partial charge in [-0.3, -0.25) is 10.6 Å². The number of nitrogens with one attached hydrogen (secondary N) is 3. The van der Waals surface area contributed by atoms with Gasteiger partial charge in [-0.15, -0.1) is 0 Å². The largest absolute Gasteiger partial charge is 0.379 e. The van der Waals surface area contributed by atoms with E-state index >= 15 is 0 Å². The number of rotatable bonds is 6. The van der Waals surface area contributed by atoms with Crippen molar-refractivity contribution in [3.05, 3.63) is 59.9 Å². The lowest BCUT2D eigenvalue weighted by Gasteiger charge is -2.34. The van der Waals surface area contributed by atoms with Gasteiger partial charge < -0.3 is 20.4 Å². The summed E-state index contributed by atoms with van der Waals surface area (Å²) >= 11 is 0. The molecule has 0 saturated carbocycles. The van der Waals surface area contributed by atoms with E-state index in [1.54, 1.807) is 0 Å². The third-order valence-corrected chi connectivity index (χ3v) is 5.85. The van der Waals surface area contributed by atoms with Crippen LogP contribution in [-0.4, -0.2) is 65.9 Å². The number of fused-ring (bicyclic) bond motifs is 2. The van der Waals surface area contributed by atoms with Gasteiger partial charge in [0.25, 0.3) is 0 Å². The van der Waals surface area contributed by atoms with Crippen LogP contribution in [0, 0.1) is 0 Å². The molecule has 0 aliphatic carbocycles. The number of benzene rings is 2. The van der Waals surface area contributed by atoms with Crippen LogP contribution in [0.1, 0.15) is 17.8 Å². The van der Waals surface area contributed by atoms with Crippen molar-refractivity contribution in [2.24, 2.45) is 10.7 Å². The number of hydrogen-bond donors (Lipinski definition) is 4. The van der Waals surface area contributed by atoms with E-state index in [2.05, 4.69) is 37.6 Å². The molecule has 5 N–H and O–H groups in total. The fourth-order valence-electron chi connectivity index (χ4n) is 4.16. The van der Waals surface area contributed by atoms with Crippen molar-refractivity contribution in [3.8, 4) is 0 Å². The molecule has 3 heterocycles. The molecular formula is C23H29N7O. The summed E-state index contributed by atoms with van der Waals surface area (Å²) in [6.07, 6.45) is 1.32. The predicted molar refractivity (Wildman–Crippen MR) is 123 cm³/mol. The summed E-state index contributed by atoms with van der Waals surface area (Å²) in [6.45, 7) is 5.33. The molecule has 1 saturated heterocycles. The van der Waals surface area contributed by atoms with E-state index in [1.807, 2.05) is 36.4 Å². The smallest absolute Gasteiger partial charge is 0.185 e. The van der Waals surface area contributed by atoms with Gasteiger partial charge in [0.2, 0.25) is 0 Å². The molecule has 5 rings (SSSR count). The highest BCUT2D eigenvalue weighted by Gasteiger charge is 2.31. The molecule has 1 aromatic heterocycles. The van der Waals surface area contributed by atoms with Crippen LogP contribution in [0.5, 0.6) is 0 Å². The number of aryl methyl sites for hydroxylation is 1. The molecule has 3 aromatic rings. The SMILES string of the molecule is NC1(CCc2nc3ccccc3[nH]2)N=C(NCCN2CCOCC2)c2ccccc2N1. The van der Waals surface area contributed by atoms with Crippen LogP contribution in [0.4, 0.5) is 5.69 Å². The number of H-pyrrole nitrogens is 1. The van der Waals surface area contributed by atoms with E-state index in [9.17, 15) is 0 Å². The van der Waals surface area contributed by atoms with Crippen molar-refractivity contribution in [1.29, 1.82) is 0 Å². The van der Waals surface area contributed by atoms with Crippen molar-refractivity contribution in [2.45, 2.75) is 18.6 Å². The minimum Gasteiger partial charge on any atom is -0.379 e. The number of aromatic amines is 1. The molecule has 1 fully saturated rings. The van der Waals surface area contributed by atoms with Crippen LogP contribution in [-0.2, 0) is 11.2 Å². The Morgan fingerprint density at radius 1 is 1.10 bits per heavy atom. The molecule has 0 spiro atoms. The summed E-state index contributed by atoms with van der Waals surface area (Å²) in [5.74, 6) is 0.868. The zero-order valence-corrected chi connectivity index (χ0v) is 17.6. The first-order valence-electron chi connectivity index (χ1n) is 10.9. The van der Waals surface area contributed by atoms with Gasteiger partial charge in [0.05, 0.1) is 24.2 Å². The van der Waals surface area contributed by atoms with Gasteiger partial charge in [0.15, 0.2) is 5.79 Å². The van der Waals surface area contributed by atoms with Crippen LogP contribution in [0.2, 0.25) is 0 Å². The Labute approximate surface area is 181 Å². The Bertz CT molecular complexity index is 1040. The molecule has 2 aromatic carbocycles. The van der Waals surface area contributed by atoms with Gasteiger partial charge in [-0.25, -0.2) is 9.98 Å². The van der Waals surface area contributed by atoms with Crippen molar-refractivity contribution in [3.63, 3.8) is 0 Å². The maximum Gasteiger partial charge on any atom is 0.185 e. The Morgan fingerprint density at radius 2 is 1.90 bits per heavy atom. The lowest BCUT2D eigenvalue weighted by Crippen LogP contribution is -2.52. The maximum atomic E-state index is 6.71. The fraction of sp³-hybridized carbons (Fsp3) is 0.391. The van der Waals surface area contributed by atoms with E-state index in [0.717, 1.165) is 73.3 Å². The maximum absolute atomic E-state index is 6.71. The van der Waals surface area contributed by atoms with Crippen LogP contribution in [0.3, 0.4) is 0 Å². The number of ether oxygens (including phenoxy) is 1. The van der Waals surface area contributed by atoms with Crippen molar-refractivity contribution in [1.82, 2.24) is 20.2 Å². The van der Waals surface area contributed by atoms with Gasteiger partial charge in [0.1, 0.15) is 11.7 Å². The standard InChI is InChI=1S/C23H29N7O/c24-23(10-9-21-26-19-7-3-4-8-20(19)27-21)28-18-6-2-1-5-17(18)22(29-23)25-11-12-30-13-15-31-16-14-30/h1-8,28H,9-16,24H2,(H,25,29)(H,26,27). The molecule has 31 heavy (non-hydrogen) atoms. The van der Waals surface area contributed by atoms with Crippen LogP contribution >= 0.6 is 0 Å². The lowest BCUT2D eigenvalue weighted by atomic mass is 10.1. The van der Waals surface area contributed by atoms with Crippen LogP contribution < -0.4 is 16.4 Å². The molecule has 0 bridgehead atoms. The second-order valence-electron chi connectivity index (χ2n) is 8.14. The molecule has 1 unspecified atom stereocenters. The average Bonchev–Trinajstić information content (AvgIpc) is 3.22. The number of morpholine rings is 1. The third kappa shape index (κ3) is 4.56. The Balaban J connectivity index is 1.29. The highest BCUT2D eigenvalue weighted by atomic mass is 16.5. The summed E-state index contributed by atoms with van der Waals surface area (Å²) < 4.78 is 5.43. The first-order valence-corrected chi connectivity index (χ1v) is 10.9. The van der Waals surface area contributed by atoms with Crippen LogP contribution in [0.15, 0.2) is 53.5 Å². The van der Waals surface area contributed by atoms with E-state index in [4.69, 9.17) is 15.5 Å². The molecule has 2 aliphatic rings. The second-order valence-corrected chi connectivity index (χ2v) is 8.14. The molecule has 0 amide bonds. The number of amidine groups is 1. The zero-order valence-electron chi connectivity index (χ0n) is 17.6. The average molecular weight is 420 g/mol. The molecule has 8 heteroatoms. The number of hydrogen-bond acceptors (Lipinski definition) is 7. The molecular weight excluding hydrogens is 390 g/mol. The Morgan fingerprint density at radius 3 is 2.77 bits per heavy atom.